The van der Waals surface area contributed by atoms with Crippen molar-refractivity contribution >= 4 is 23.0 Å². The summed E-state index contributed by atoms with van der Waals surface area (Å²) in [4.78, 5) is 0. The Bertz CT molecular complexity index is 911. The second kappa shape index (κ2) is 8.36. The Morgan fingerprint density at radius 3 is 2.89 bits per heavy atom. The number of hydrogen-bond acceptors (Lipinski definition) is 6. The minimum Gasteiger partial charge on any atom is -0.505 e. The molecule has 2 aliphatic heterocycles. The zero-order valence-corrected chi connectivity index (χ0v) is 16.7. The lowest BCUT2D eigenvalue weighted by Gasteiger charge is -2.32. The Morgan fingerprint density at radius 1 is 1.46 bits per heavy atom. The van der Waals surface area contributed by atoms with Crippen molar-refractivity contribution in [2.24, 2.45) is 0 Å². The summed E-state index contributed by atoms with van der Waals surface area (Å²) >= 11 is 0. The van der Waals surface area contributed by atoms with Crippen LogP contribution < -0.4 is 0 Å². The molecular formula is C19H24BFO6S. The monoisotopic (exact) mass is 410 g/mol. The van der Waals surface area contributed by atoms with E-state index in [2.05, 4.69) is 0 Å². The molecule has 2 N–H and O–H groups in total. The van der Waals surface area contributed by atoms with E-state index in [9.17, 15) is 22.9 Å². The fourth-order valence-corrected chi connectivity index (χ4v) is 6.01. The highest BCUT2D eigenvalue weighted by atomic mass is 32.2. The Hall–Kier alpha value is -1.68. The predicted octanol–water partition coefficient (Wildman–Crippen LogP) is 2.33. The molecule has 1 fully saturated rings. The SMILES string of the molecule is COCC1=C2[C@@H](CC/C(C)=C/c3ccc(O)c(F)c3)OB(O)C[C@@H]2S(=O)(=O)C1. The summed E-state index contributed by atoms with van der Waals surface area (Å²) in [6.07, 6.45) is 2.42. The molecule has 152 valence electrons. The molecule has 2 heterocycles. The molecule has 0 bridgehead atoms. The summed E-state index contributed by atoms with van der Waals surface area (Å²) in [5.74, 6) is -1.14. The third-order valence-corrected chi connectivity index (χ3v) is 7.22. The molecule has 0 saturated carbocycles. The second-order valence-electron chi connectivity index (χ2n) is 7.34. The third kappa shape index (κ3) is 4.48. The maximum Gasteiger partial charge on any atom is 0.456 e. The van der Waals surface area contributed by atoms with Gasteiger partial charge in [-0.3, -0.25) is 0 Å². The van der Waals surface area contributed by atoms with Crippen LogP contribution in [0.15, 0.2) is 34.9 Å². The summed E-state index contributed by atoms with van der Waals surface area (Å²) < 4.78 is 49.3. The number of sulfone groups is 1. The Balaban J connectivity index is 1.77. The van der Waals surface area contributed by atoms with E-state index in [1.165, 1.54) is 19.2 Å². The maximum absolute atomic E-state index is 13.5. The molecular weight excluding hydrogens is 386 g/mol. The summed E-state index contributed by atoms with van der Waals surface area (Å²) in [6, 6.07) is 4.16. The van der Waals surface area contributed by atoms with Gasteiger partial charge in [-0.2, -0.15) is 0 Å². The molecule has 1 aromatic carbocycles. The minimum absolute atomic E-state index is 0.0446. The van der Waals surface area contributed by atoms with Crippen LogP contribution in [0.1, 0.15) is 25.3 Å². The van der Waals surface area contributed by atoms with E-state index < -0.39 is 39.9 Å². The molecule has 0 aromatic heterocycles. The normalized spacial score (nSPS) is 24.6. The van der Waals surface area contributed by atoms with Gasteiger partial charge in [0, 0.05) is 13.4 Å². The number of fused-ring (bicyclic) bond motifs is 1. The van der Waals surface area contributed by atoms with E-state index in [-0.39, 0.29) is 18.7 Å². The van der Waals surface area contributed by atoms with Gasteiger partial charge in [0.1, 0.15) is 0 Å². The summed E-state index contributed by atoms with van der Waals surface area (Å²) in [5.41, 5.74) is 3.00. The number of allylic oxidation sites excluding steroid dienone is 1. The standard InChI is InChI=1S/C19H24BFO6S/c1-12(7-13-4-5-16(22)15(21)8-13)3-6-17-19-14(10-26-2)11-28(24,25)18(19)9-20(23)27-17/h4-5,7-8,17-18,22-23H,3,6,9-11H2,1-2H3/b12-7+/t17-,18+/m1/s1. The van der Waals surface area contributed by atoms with Crippen molar-refractivity contribution in [3.63, 3.8) is 0 Å². The number of benzene rings is 1. The number of halogens is 1. The van der Waals surface area contributed by atoms with Gasteiger partial charge < -0.3 is 19.5 Å². The molecule has 1 aromatic rings. The Morgan fingerprint density at radius 2 is 2.21 bits per heavy atom. The van der Waals surface area contributed by atoms with Crippen LogP contribution in [-0.2, 0) is 19.2 Å². The third-order valence-electron chi connectivity index (χ3n) is 5.15. The lowest BCUT2D eigenvalue weighted by Crippen LogP contribution is -2.42. The van der Waals surface area contributed by atoms with Gasteiger partial charge in [0.15, 0.2) is 21.4 Å². The number of aromatic hydroxyl groups is 1. The molecule has 2 atom stereocenters. The molecule has 0 amide bonds. The van der Waals surface area contributed by atoms with Gasteiger partial charge >= 0.3 is 7.12 Å². The number of phenolic OH excluding ortho intramolecular Hbond substituents is 1. The molecule has 0 aliphatic carbocycles. The van der Waals surface area contributed by atoms with Crippen LogP contribution in [0.4, 0.5) is 4.39 Å². The molecule has 2 aliphatic rings. The quantitative estimate of drug-likeness (QED) is 0.553. The molecule has 0 unspecified atom stereocenters. The Labute approximate surface area is 164 Å². The van der Waals surface area contributed by atoms with Gasteiger partial charge in [-0.05, 0) is 48.6 Å². The fraction of sp³-hybridized carbons (Fsp3) is 0.474. The Kier molecular flexibility index (Phi) is 6.29. The molecule has 28 heavy (non-hydrogen) atoms. The van der Waals surface area contributed by atoms with E-state index in [0.29, 0.717) is 24.0 Å². The fourth-order valence-electron chi connectivity index (χ4n) is 3.91. The van der Waals surface area contributed by atoms with Gasteiger partial charge in [0.05, 0.1) is 23.7 Å². The van der Waals surface area contributed by atoms with Crippen LogP contribution in [0, 0.1) is 5.82 Å². The van der Waals surface area contributed by atoms with E-state index in [1.807, 2.05) is 6.92 Å². The number of ether oxygens (including phenoxy) is 1. The maximum atomic E-state index is 13.5. The van der Waals surface area contributed by atoms with Crippen LogP contribution in [0.2, 0.25) is 6.32 Å². The van der Waals surface area contributed by atoms with Crippen LogP contribution in [0.3, 0.4) is 0 Å². The number of phenols is 1. The first-order chi connectivity index (χ1) is 13.2. The average molecular weight is 410 g/mol. The number of hydrogen-bond donors (Lipinski definition) is 2. The van der Waals surface area contributed by atoms with Crippen molar-refractivity contribution in [3.05, 3.63) is 46.3 Å². The number of rotatable bonds is 6. The van der Waals surface area contributed by atoms with Crippen molar-refractivity contribution in [2.45, 2.75) is 37.4 Å². The van der Waals surface area contributed by atoms with Crippen molar-refractivity contribution in [1.29, 1.82) is 0 Å². The zero-order chi connectivity index (χ0) is 20.5. The molecule has 9 heteroatoms. The highest BCUT2D eigenvalue weighted by Crippen LogP contribution is 2.39. The van der Waals surface area contributed by atoms with Crippen molar-refractivity contribution in [3.8, 4) is 5.75 Å². The molecule has 0 spiro atoms. The first-order valence-corrected chi connectivity index (χ1v) is 10.8. The minimum atomic E-state index is -3.35. The topological polar surface area (TPSA) is 93.1 Å². The van der Waals surface area contributed by atoms with Crippen molar-refractivity contribution in [1.82, 2.24) is 0 Å². The van der Waals surface area contributed by atoms with Gasteiger partial charge in [0.25, 0.3) is 0 Å². The van der Waals surface area contributed by atoms with E-state index in [1.54, 1.807) is 12.1 Å². The number of methoxy groups -OCH3 is 1. The second-order valence-corrected chi connectivity index (χ2v) is 9.53. The lowest BCUT2D eigenvalue weighted by atomic mass is 9.74. The average Bonchev–Trinajstić information content (AvgIpc) is 2.87. The van der Waals surface area contributed by atoms with Gasteiger partial charge in [-0.1, -0.05) is 17.7 Å². The van der Waals surface area contributed by atoms with Crippen LogP contribution in [-0.4, -0.2) is 56.5 Å². The largest absolute Gasteiger partial charge is 0.505 e. The van der Waals surface area contributed by atoms with E-state index in [0.717, 1.165) is 11.1 Å². The van der Waals surface area contributed by atoms with E-state index >= 15 is 0 Å². The van der Waals surface area contributed by atoms with Crippen LogP contribution in [0.5, 0.6) is 5.75 Å². The van der Waals surface area contributed by atoms with E-state index in [4.69, 9.17) is 9.39 Å². The van der Waals surface area contributed by atoms with Gasteiger partial charge in [-0.25, -0.2) is 12.8 Å². The van der Waals surface area contributed by atoms with Crippen LogP contribution >= 0.6 is 0 Å². The van der Waals surface area contributed by atoms with Crippen LogP contribution in [0.25, 0.3) is 6.08 Å². The van der Waals surface area contributed by atoms with Crippen molar-refractivity contribution < 1.29 is 32.3 Å². The molecule has 6 nitrogen and oxygen atoms in total. The highest BCUT2D eigenvalue weighted by Gasteiger charge is 2.48. The smallest absolute Gasteiger partial charge is 0.456 e. The molecule has 3 rings (SSSR count). The summed E-state index contributed by atoms with van der Waals surface area (Å²) in [6.45, 7) is 2.11. The highest BCUT2D eigenvalue weighted by molar-refractivity contribution is 7.92. The first-order valence-electron chi connectivity index (χ1n) is 9.12. The lowest BCUT2D eigenvalue weighted by molar-refractivity contribution is 0.166. The molecule has 0 radical (unpaired) electrons. The van der Waals surface area contributed by atoms with Gasteiger partial charge in [0.2, 0.25) is 0 Å². The zero-order valence-electron chi connectivity index (χ0n) is 15.9. The summed E-state index contributed by atoms with van der Waals surface area (Å²) in [7, 11) is -2.96. The van der Waals surface area contributed by atoms with Gasteiger partial charge in [-0.15, -0.1) is 0 Å². The molecule has 1 saturated heterocycles. The van der Waals surface area contributed by atoms with Crippen molar-refractivity contribution in [2.75, 3.05) is 19.5 Å². The first kappa shape index (κ1) is 21.0. The summed E-state index contributed by atoms with van der Waals surface area (Å²) in [5, 5.41) is 18.6. The predicted molar refractivity (Wildman–Crippen MR) is 105 cm³/mol.